The lowest BCUT2D eigenvalue weighted by Gasteiger charge is -2.08. The number of aromatic nitrogens is 4. The van der Waals surface area contributed by atoms with Crippen LogP contribution in [0.1, 0.15) is 29.0 Å². The van der Waals surface area contributed by atoms with E-state index in [0.29, 0.717) is 41.8 Å². The molecule has 0 bridgehead atoms. The van der Waals surface area contributed by atoms with Gasteiger partial charge in [0.15, 0.2) is 11.6 Å². The van der Waals surface area contributed by atoms with Crippen LogP contribution in [0.3, 0.4) is 0 Å². The smallest absolute Gasteiger partial charge is 0.251 e. The normalized spacial score (nSPS) is 10.5. The molecule has 26 heavy (non-hydrogen) atoms. The highest BCUT2D eigenvalue weighted by molar-refractivity contribution is 5.95. The molecular formula is C18H20N6O2. The lowest BCUT2D eigenvalue weighted by Crippen LogP contribution is -2.25. The predicted molar refractivity (Wildman–Crippen MR) is 96.7 cm³/mol. The minimum Gasteiger partial charge on any atom is -0.371 e. The average Bonchev–Trinajstić information content (AvgIpc) is 3.16. The van der Waals surface area contributed by atoms with Gasteiger partial charge in [0.1, 0.15) is 5.69 Å². The standard InChI is InChI=1S/C18H20N6O2/c1-3-14-23-15(26-24-14)7-8-22-18(25)13-6-4-5-12(11-13)16-17(19-2)21-10-9-20-16/h4-6,9-11H,3,7-8H2,1-2H3,(H,19,21)(H,22,25). The highest BCUT2D eigenvalue weighted by Crippen LogP contribution is 2.23. The van der Waals surface area contributed by atoms with Gasteiger partial charge in [0.2, 0.25) is 5.89 Å². The van der Waals surface area contributed by atoms with Crippen molar-refractivity contribution in [2.24, 2.45) is 0 Å². The van der Waals surface area contributed by atoms with Crippen molar-refractivity contribution < 1.29 is 9.32 Å². The number of carbonyl (C=O) groups excluding carboxylic acids is 1. The molecule has 2 N–H and O–H groups in total. The maximum absolute atomic E-state index is 12.4. The molecule has 0 aliphatic heterocycles. The van der Waals surface area contributed by atoms with Crippen LogP contribution in [0.5, 0.6) is 0 Å². The number of nitrogens with one attached hydrogen (secondary N) is 2. The fraction of sp³-hybridized carbons (Fsp3) is 0.278. The van der Waals surface area contributed by atoms with Crippen LogP contribution < -0.4 is 10.6 Å². The van der Waals surface area contributed by atoms with Crippen LogP contribution in [0, 0.1) is 0 Å². The first-order valence-corrected chi connectivity index (χ1v) is 8.40. The molecule has 0 saturated carbocycles. The molecule has 2 aromatic heterocycles. The maximum atomic E-state index is 12.4. The van der Waals surface area contributed by atoms with Crippen LogP contribution in [0.25, 0.3) is 11.3 Å². The van der Waals surface area contributed by atoms with Gasteiger partial charge in [0.25, 0.3) is 5.91 Å². The Morgan fingerprint density at radius 2 is 2.08 bits per heavy atom. The van der Waals surface area contributed by atoms with Crippen molar-refractivity contribution in [2.75, 3.05) is 18.9 Å². The van der Waals surface area contributed by atoms with Gasteiger partial charge in [-0.2, -0.15) is 4.98 Å². The highest BCUT2D eigenvalue weighted by atomic mass is 16.5. The topological polar surface area (TPSA) is 106 Å². The van der Waals surface area contributed by atoms with Crippen LogP contribution in [0.4, 0.5) is 5.82 Å². The van der Waals surface area contributed by atoms with E-state index in [9.17, 15) is 4.79 Å². The van der Waals surface area contributed by atoms with E-state index >= 15 is 0 Å². The zero-order valence-corrected chi connectivity index (χ0v) is 14.7. The summed E-state index contributed by atoms with van der Waals surface area (Å²) in [6.45, 7) is 2.38. The Balaban J connectivity index is 1.66. The van der Waals surface area contributed by atoms with Crippen molar-refractivity contribution in [3.63, 3.8) is 0 Å². The number of aryl methyl sites for hydroxylation is 1. The van der Waals surface area contributed by atoms with Gasteiger partial charge < -0.3 is 15.2 Å². The van der Waals surface area contributed by atoms with E-state index < -0.39 is 0 Å². The Labute approximate surface area is 151 Å². The number of benzene rings is 1. The van der Waals surface area contributed by atoms with Crippen LogP contribution >= 0.6 is 0 Å². The molecule has 2 heterocycles. The second-order valence-corrected chi connectivity index (χ2v) is 5.55. The molecule has 0 atom stereocenters. The molecule has 1 aromatic carbocycles. The van der Waals surface area contributed by atoms with Gasteiger partial charge in [-0.25, -0.2) is 4.98 Å². The molecule has 0 unspecified atom stereocenters. The first kappa shape index (κ1) is 17.5. The van der Waals surface area contributed by atoms with Gasteiger partial charge in [0, 0.05) is 50.0 Å². The van der Waals surface area contributed by atoms with Crippen LogP contribution in [-0.4, -0.2) is 39.6 Å². The third-order valence-electron chi connectivity index (χ3n) is 3.78. The molecule has 3 rings (SSSR count). The summed E-state index contributed by atoms with van der Waals surface area (Å²) in [6, 6.07) is 7.27. The van der Waals surface area contributed by atoms with Gasteiger partial charge in [-0.3, -0.25) is 9.78 Å². The molecule has 0 aliphatic rings. The summed E-state index contributed by atoms with van der Waals surface area (Å²) in [4.78, 5) is 25.2. The maximum Gasteiger partial charge on any atom is 0.251 e. The Morgan fingerprint density at radius 1 is 1.23 bits per heavy atom. The molecule has 3 aromatic rings. The van der Waals surface area contributed by atoms with Crippen LogP contribution in [0.15, 0.2) is 41.2 Å². The number of hydrogen-bond acceptors (Lipinski definition) is 7. The summed E-state index contributed by atoms with van der Waals surface area (Å²) in [5.41, 5.74) is 2.07. The summed E-state index contributed by atoms with van der Waals surface area (Å²) in [5, 5.41) is 9.70. The van der Waals surface area contributed by atoms with E-state index in [4.69, 9.17) is 4.52 Å². The van der Waals surface area contributed by atoms with E-state index in [1.165, 1.54) is 0 Å². The summed E-state index contributed by atoms with van der Waals surface area (Å²) >= 11 is 0. The van der Waals surface area contributed by atoms with Crippen molar-refractivity contribution >= 4 is 11.7 Å². The number of anilines is 1. The first-order valence-electron chi connectivity index (χ1n) is 8.40. The number of carbonyl (C=O) groups is 1. The largest absolute Gasteiger partial charge is 0.371 e. The molecule has 0 spiro atoms. The molecule has 8 heteroatoms. The number of rotatable bonds is 7. The Kier molecular flexibility index (Phi) is 5.52. The fourth-order valence-electron chi connectivity index (χ4n) is 2.46. The quantitative estimate of drug-likeness (QED) is 0.671. The Hall–Kier alpha value is -3.29. The monoisotopic (exact) mass is 352 g/mol. The lowest BCUT2D eigenvalue weighted by atomic mass is 10.1. The number of nitrogens with zero attached hydrogens (tertiary/aromatic N) is 4. The Morgan fingerprint density at radius 3 is 2.85 bits per heavy atom. The minimum absolute atomic E-state index is 0.169. The third kappa shape index (κ3) is 4.02. The van der Waals surface area contributed by atoms with Crippen molar-refractivity contribution in [3.05, 3.63) is 53.9 Å². The summed E-state index contributed by atoms with van der Waals surface area (Å²) in [5.74, 6) is 1.68. The molecule has 134 valence electrons. The van der Waals surface area contributed by atoms with Gasteiger partial charge >= 0.3 is 0 Å². The molecule has 0 radical (unpaired) electrons. The zero-order chi connectivity index (χ0) is 18.4. The van der Waals surface area contributed by atoms with Gasteiger partial charge in [-0.05, 0) is 12.1 Å². The molecule has 0 fully saturated rings. The second-order valence-electron chi connectivity index (χ2n) is 5.55. The molecular weight excluding hydrogens is 332 g/mol. The Bertz CT molecular complexity index is 893. The van der Waals surface area contributed by atoms with E-state index in [-0.39, 0.29) is 5.91 Å². The predicted octanol–water partition coefficient (Wildman–Crippen LogP) is 2.10. The summed E-state index contributed by atoms with van der Waals surface area (Å²) in [7, 11) is 1.78. The van der Waals surface area contributed by atoms with Crippen molar-refractivity contribution in [1.82, 2.24) is 25.4 Å². The lowest BCUT2D eigenvalue weighted by molar-refractivity contribution is 0.0953. The number of amides is 1. The molecule has 0 aliphatic carbocycles. The SMILES string of the molecule is CCc1noc(CCNC(=O)c2cccc(-c3nccnc3NC)c2)n1. The van der Waals surface area contributed by atoms with Crippen LogP contribution in [-0.2, 0) is 12.8 Å². The fourth-order valence-corrected chi connectivity index (χ4v) is 2.46. The highest BCUT2D eigenvalue weighted by Gasteiger charge is 2.11. The van der Waals surface area contributed by atoms with E-state index in [2.05, 4.69) is 30.7 Å². The first-order chi connectivity index (χ1) is 12.7. The van der Waals surface area contributed by atoms with Crippen molar-refractivity contribution in [2.45, 2.75) is 19.8 Å². The van der Waals surface area contributed by atoms with E-state index in [0.717, 1.165) is 12.0 Å². The van der Waals surface area contributed by atoms with Gasteiger partial charge in [0.05, 0.1) is 0 Å². The summed E-state index contributed by atoms with van der Waals surface area (Å²) in [6.07, 6.45) is 4.46. The number of hydrogen-bond donors (Lipinski definition) is 2. The zero-order valence-electron chi connectivity index (χ0n) is 14.7. The second kappa shape index (κ2) is 8.19. The summed E-state index contributed by atoms with van der Waals surface area (Å²) < 4.78 is 5.11. The van der Waals surface area contributed by atoms with Gasteiger partial charge in [-0.15, -0.1) is 0 Å². The van der Waals surface area contributed by atoms with Crippen molar-refractivity contribution in [1.29, 1.82) is 0 Å². The average molecular weight is 352 g/mol. The van der Waals surface area contributed by atoms with Gasteiger partial charge in [-0.1, -0.05) is 24.2 Å². The van der Waals surface area contributed by atoms with E-state index in [1.807, 2.05) is 19.1 Å². The van der Waals surface area contributed by atoms with Crippen molar-refractivity contribution in [3.8, 4) is 11.3 Å². The molecule has 0 saturated heterocycles. The molecule has 1 amide bonds. The third-order valence-corrected chi connectivity index (χ3v) is 3.78. The molecule has 8 nitrogen and oxygen atoms in total. The van der Waals surface area contributed by atoms with Crippen LogP contribution in [0.2, 0.25) is 0 Å². The minimum atomic E-state index is -0.169. The van der Waals surface area contributed by atoms with E-state index in [1.54, 1.807) is 31.6 Å².